The van der Waals surface area contributed by atoms with E-state index in [1.165, 1.54) is 14.2 Å². The summed E-state index contributed by atoms with van der Waals surface area (Å²) in [5.74, 6) is 5.35. The molecule has 23 nitrogen and oxygen atoms in total. The number of rotatable bonds is 25. The van der Waals surface area contributed by atoms with Crippen molar-refractivity contribution in [2.24, 2.45) is 23.7 Å². The zero-order valence-corrected chi connectivity index (χ0v) is 48.7. The average molecular weight is 1180 g/mol. The lowest BCUT2D eigenvalue weighted by Gasteiger charge is -2.45. The first-order valence-electron chi connectivity index (χ1n) is 27.7. The zero-order chi connectivity index (χ0) is 60.8. The van der Waals surface area contributed by atoms with Crippen LogP contribution in [0, 0.1) is 23.7 Å². The molecule has 3 heterocycles. The van der Waals surface area contributed by atoms with Crippen LogP contribution < -0.4 is 37.9 Å². The molecule has 0 saturated carbocycles. The van der Waals surface area contributed by atoms with Crippen molar-refractivity contribution in [1.82, 2.24) is 0 Å². The molecule has 0 aromatic heterocycles. The van der Waals surface area contributed by atoms with E-state index in [1.807, 2.05) is 54.6 Å². The molecule has 0 amide bonds. The summed E-state index contributed by atoms with van der Waals surface area (Å²) in [6, 6.07) is 22.8. The van der Waals surface area contributed by atoms with Gasteiger partial charge in [-0.05, 0) is 120 Å². The first-order valence-corrected chi connectivity index (χ1v) is 27.7. The van der Waals surface area contributed by atoms with E-state index in [0.29, 0.717) is 64.4 Å². The van der Waals surface area contributed by atoms with E-state index in [1.54, 1.807) is 46.6 Å². The Balaban J connectivity index is 0.000000276. The Hall–Kier alpha value is -5.32. The van der Waals surface area contributed by atoms with Crippen LogP contribution in [-0.4, -0.2) is 211 Å². The molecule has 15 unspecified atom stereocenters. The van der Waals surface area contributed by atoms with Gasteiger partial charge in [0.25, 0.3) is 0 Å². The van der Waals surface area contributed by atoms with Gasteiger partial charge in [0.2, 0.25) is 12.6 Å². The molecule has 3 aliphatic rings. The first-order chi connectivity index (χ1) is 39.7. The van der Waals surface area contributed by atoms with Crippen molar-refractivity contribution in [2.75, 3.05) is 62.5 Å². The molecule has 0 bridgehead atoms. The minimum atomic E-state index is -1.76. The number of aliphatic hydroxyl groups is 11. The SMILES string of the molecule is COc1ccc(C[C@H](C)[C@H](C)Cc2ccc(OC)c(OC3OC(CO)C(O)C(O)C3O)c2)cc1OC.COc1ccc(C[C@H](C)[C@H](C)Cc2ccc(OC)c(OC3OC(CO)C(OC4OC(CO)C(O)C(O)C4O)C(O)C3O)c2)cc1OC. The molecule has 4 aromatic carbocycles. The van der Waals surface area contributed by atoms with Gasteiger partial charge in [-0.15, -0.1) is 0 Å². The number of hydrogen-bond donors (Lipinski definition) is 11. The van der Waals surface area contributed by atoms with Gasteiger partial charge in [-0.25, -0.2) is 0 Å². The number of ether oxygens (including phenoxy) is 12. The summed E-state index contributed by atoms with van der Waals surface area (Å²) in [5.41, 5.74) is 4.21. The van der Waals surface area contributed by atoms with Gasteiger partial charge in [0.1, 0.15) is 73.2 Å². The second-order valence-corrected chi connectivity index (χ2v) is 21.5. The molecule has 19 atom stereocenters. The maximum atomic E-state index is 11.0. The highest BCUT2D eigenvalue weighted by Gasteiger charge is 2.51. The highest BCUT2D eigenvalue weighted by molar-refractivity contribution is 5.46. The van der Waals surface area contributed by atoms with Gasteiger partial charge >= 0.3 is 0 Å². The molecule has 0 aliphatic carbocycles. The van der Waals surface area contributed by atoms with Crippen LogP contribution in [0.2, 0.25) is 0 Å². The van der Waals surface area contributed by atoms with Crippen LogP contribution >= 0.6 is 0 Å². The van der Waals surface area contributed by atoms with Gasteiger partial charge in [0.05, 0.1) is 62.5 Å². The molecule has 4 aromatic rings. The molecule has 0 radical (unpaired) electrons. The van der Waals surface area contributed by atoms with E-state index in [0.717, 1.165) is 41.5 Å². The quantitative estimate of drug-likeness (QED) is 0.0450. The fraction of sp³-hybridized carbons (Fsp3) is 0.600. The monoisotopic (exact) mass is 1170 g/mol. The van der Waals surface area contributed by atoms with Gasteiger partial charge in [-0.3, -0.25) is 0 Å². The highest BCUT2D eigenvalue weighted by Crippen LogP contribution is 2.38. The molecule has 464 valence electrons. The van der Waals surface area contributed by atoms with Crippen LogP contribution in [0.25, 0.3) is 0 Å². The summed E-state index contributed by atoms with van der Waals surface area (Å²) >= 11 is 0. The third-order valence-corrected chi connectivity index (χ3v) is 15.8. The van der Waals surface area contributed by atoms with Crippen LogP contribution in [0.5, 0.6) is 46.0 Å². The van der Waals surface area contributed by atoms with Gasteiger partial charge in [-0.2, -0.15) is 0 Å². The standard InChI is InChI=1S/C33H48O14.C27H38O9/c1-16(10-18-6-8-20(41-3)22(12-18)43-5)17(2)11-19-7-9-21(42-4)23(13-19)44-32-30(40)28(38)31(25(15-35)46-32)47-33-29(39)27(37)26(36)24(14-34)45-33;1-15(10-17-6-8-19(32-3)21(12-17)34-5)16(2)11-18-7-9-20(33-4)22(13-18)35-27-26(31)25(30)24(29)23(14-28)36-27/h6-9,12-13,16-17,24-40H,10-11,14-15H2,1-5H3;6-9,12-13,15-16,23-31H,10-11,14H2,1-5H3/t16-,17+,24?,25?,26?,27?,28?,29?,30?,31?,32?,33?;15-,16+,23?,24?,25?,26?,27?/m00/s1. The van der Waals surface area contributed by atoms with E-state index >= 15 is 0 Å². The van der Waals surface area contributed by atoms with Gasteiger partial charge in [0, 0.05) is 0 Å². The van der Waals surface area contributed by atoms with Crippen molar-refractivity contribution >= 4 is 0 Å². The van der Waals surface area contributed by atoms with E-state index < -0.39 is 112 Å². The molecule has 7 rings (SSSR count). The normalized spacial score (nSPS) is 29.4. The maximum Gasteiger partial charge on any atom is 0.229 e. The Morgan fingerprint density at radius 3 is 0.940 bits per heavy atom. The Kier molecular flexibility index (Phi) is 25.1. The average Bonchev–Trinajstić information content (AvgIpc) is 3.69. The van der Waals surface area contributed by atoms with Crippen LogP contribution in [-0.2, 0) is 44.6 Å². The minimum absolute atomic E-state index is 0.242. The third kappa shape index (κ3) is 16.6. The lowest BCUT2D eigenvalue weighted by atomic mass is 9.85. The first kappa shape index (κ1) is 66.8. The van der Waals surface area contributed by atoms with E-state index in [2.05, 4.69) is 27.7 Å². The molecule has 0 spiro atoms. The second-order valence-electron chi connectivity index (χ2n) is 21.5. The van der Waals surface area contributed by atoms with E-state index in [9.17, 15) is 56.2 Å². The summed E-state index contributed by atoms with van der Waals surface area (Å²) in [7, 11) is 9.41. The van der Waals surface area contributed by atoms with Crippen LogP contribution in [0.1, 0.15) is 49.9 Å². The summed E-state index contributed by atoms with van der Waals surface area (Å²) in [4.78, 5) is 0. The molecule has 11 N–H and O–H groups in total. The largest absolute Gasteiger partial charge is 0.493 e. The predicted molar refractivity (Wildman–Crippen MR) is 298 cm³/mol. The number of aliphatic hydroxyl groups excluding tert-OH is 11. The molecule has 83 heavy (non-hydrogen) atoms. The molecule has 3 fully saturated rings. The van der Waals surface area contributed by atoms with E-state index in [4.69, 9.17) is 56.8 Å². The maximum absolute atomic E-state index is 11.0. The molecule has 3 aliphatic heterocycles. The molecule has 23 heteroatoms. The van der Waals surface area contributed by atoms with Crippen molar-refractivity contribution in [3.8, 4) is 46.0 Å². The smallest absolute Gasteiger partial charge is 0.229 e. The number of hydrogen-bond acceptors (Lipinski definition) is 23. The summed E-state index contributed by atoms with van der Waals surface area (Å²) in [6.07, 6.45) is -19.2. The predicted octanol–water partition coefficient (Wildman–Crippen LogP) is 1.72. The van der Waals surface area contributed by atoms with Crippen molar-refractivity contribution in [3.63, 3.8) is 0 Å². The van der Waals surface area contributed by atoms with Crippen molar-refractivity contribution < 1.29 is 113 Å². The summed E-state index contributed by atoms with van der Waals surface area (Å²) in [6.45, 7) is 6.82. The summed E-state index contributed by atoms with van der Waals surface area (Å²) < 4.78 is 66.6. The van der Waals surface area contributed by atoms with Crippen LogP contribution in [0.4, 0.5) is 0 Å². The highest BCUT2D eigenvalue weighted by atomic mass is 16.7. The lowest BCUT2D eigenvalue weighted by molar-refractivity contribution is -0.352. The Bertz CT molecular complexity index is 2600. The van der Waals surface area contributed by atoms with Crippen LogP contribution in [0.15, 0.2) is 72.8 Å². The van der Waals surface area contributed by atoms with Crippen molar-refractivity contribution in [3.05, 3.63) is 95.1 Å². The fourth-order valence-corrected chi connectivity index (χ4v) is 10.3. The molecule has 3 saturated heterocycles. The fourth-order valence-electron chi connectivity index (χ4n) is 10.3. The van der Waals surface area contributed by atoms with Gasteiger partial charge < -0.3 is 113 Å². The lowest BCUT2D eigenvalue weighted by Crippen LogP contribution is -2.65. The topological polar surface area (TPSA) is 333 Å². The van der Waals surface area contributed by atoms with Gasteiger partial charge in [0.15, 0.2) is 52.3 Å². The number of benzene rings is 4. The number of methoxy groups -OCH3 is 6. The van der Waals surface area contributed by atoms with Crippen molar-refractivity contribution in [2.45, 2.75) is 145 Å². The minimum Gasteiger partial charge on any atom is -0.493 e. The summed E-state index contributed by atoms with van der Waals surface area (Å²) in [5, 5.41) is 112. The third-order valence-electron chi connectivity index (χ3n) is 15.8. The van der Waals surface area contributed by atoms with Gasteiger partial charge in [-0.1, -0.05) is 52.0 Å². The van der Waals surface area contributed by atoms with Crippen LogP contribution in [0.3, 0.4) is 0 Å². The molecular formula is C60H86O23. The Morgan fingerprint density at radius 1 is 0.337 bits per heavy atom. The Morgan fingerprint density at radius 2 is 0.614 bits per heavy atom. The second kappa shape index (κ2) is 31.2. The van der Waals surface area contributed by atoms with Crippen molar-refractivity contribution in [1.29, 1.82) is 0 Å². The van der Waals surface area contributed by atoms with E-state index in [-0.39, 0.29) is 11.7 Å². The Labute approximate surface area is 484 Å². The molecular weight excluding hydrogens is 1090 g/mol. The zero-order valence-electron chi connectivity index (χ0n) is 48.7.